The van der Waals surface area contributed by atoms with Crippen LogP contribution in [0.2, 0.25) is 0 Å². The number of nitrogens with one attached hydrogen (secondary N) is 2. The van der Waals surface area contributed by atoms with Gasteiger partial charge in [-0.25, -0.2) is 4.98 Å². The van der Waals surface area contributed by atoms with E-state index in [1.807, 2.05) is 18.2 Å². The summed E-state index contributed by atoms with van der Waals surface area (Å²) in [6.07, 6.45) is 1.96. The van der Waals surface area contributed by atoms with Crippen molar-refractivity contribution in [2.45, 2.75) is 25.4 Å². The van der Waals surface area contributed by atoms with Gasteiger partial charge in [-0.05, 0) is 30.2 Å². The first kappa shape index (κ1) is 18.3. The Morgan fingerprint density at radius 1 is 1.07 bits per heavy atom. The first-order valence-corrected chi connectivity index (χ1v) is 9.82. The second kappa shape index (κ2) is 6.94. The Balaban J connectivity index is 1.47. The summed E-state index contributed by atoms with van der Waals surface area (Å²) in [7, 11) is 0. The van der Waals surface area contributed by atoms with Crippen molar-refractivity contribution in [1.29, 1.82) is 0 Å². The lowest BCUT2D eigenvalue weighted by atomic mass is 10.0. The van der Waals surface area contributed by atoms with E-state index >= 15 is 0 Å². The molecule has 9 heteroatoms. The number of anilines is 2. The quantitative estimate of drug-likeness (QED) is 0.730. The van der Waals surface area contributed by atoms with Crippen LogP contribution in [0.3, 0.4) is 0 Å². The zero-order valence-electron chi connectivity index (χ0n) is 16.1. The molecule has 0 radical (unpaired) electrons. The largest absolute Gasteiger partial charge is 0.367 e. The molecule has 5 rings (SSSR count). The molecule has 0 bridgehead atoms. The second-order valence-corrected chi connectivity index (χ2v) is 7.51. The molecule has 1 fully saturated rings. The fourth-order valence-corrected chi connectivity index (χ4v) is 4.30. The van der Waals surface area contributed by atoms with Gasteiger partial charge in [0.25, 0.3) is 11.8 Å². The molecule has 152 valence electrons. The topological polar surface area (TPSA) is 112 Å². The van der Waals surface area contributed by atoms with Crippen LogP contribution >= 0.6 is 0 Å². The average molecular weight is 405 g/mol. The molecule has 1 atom stereocenters. The Labute approximate surface area is 172 Å². The number of benzene rings is 1. The first-order valence-electron chi connectivity index (χ1n) is 9.82. The fourth-order valence-electron chi connectivity index (χ4n) is 4.30. The molecule has 3 aliphatic heterocycles. The van der Waals surface area contributed by atoms with E-state index in [1.165, 1.54) is 0 Å². The van der Waals surface area contributed by atoms with Crippen LogP contribution in [-0.2, 0) is 16.1 Å². The van der Waals surface area contributed by atoms with Crippen LogP contribution in [0.5, 0.6) is 0 Å². The number of hydrogen-bond acceptors (Lipinski definition) is 7. The second-order valence-electron chi connectivity index (χ2n) is 7.51. The van der Waals surface area contributed by atoms with E-state index in [0.29, 0.717) is 24.2 Å². The summed E-state index contributed by atoms with van der Waals surface area (Å²) < 4.78 is 0. The molecule has 1 unspecified atom stereocenters. The van der Waals surface area contributed by atoms with Crippen molar-refractivity contribution in [1.82, 2.24) is 15.2 Å². The summed E-state index contributed by atoms with van der Waals surface area (Å²) >= 11 is 0. The lowest BCUT2D eigenvalue weighted by Gasteiger charge is -2.31. The zero-order valence-corrected chi connectivity index (χ0v) is 16.1. The lowest BCUT2D eigenvalue weighted by Crippen LogP contribution is -2.54. The molecular weight excluding hydrogens is 386 g/mol. The summed E-state index contributed by atoms with van der Waals surface area (Å²) in [6.45, 7) is 1.88. The molecule has 1 aromatic carbocycles. The van der Waals surface area contributed by atoms with Crippen molar-refractivity contribution in [3.05, 3.63) is 53.2 Å². The maximum Gasteiger partial charge on any atom is 0.262 e. The van der Waals surface area contributed by atoms with E-state index in [-0.39, 0.29) is 18.7 Å². The Morgan fingerprint density at radius 2 is 1.93 bits per heavy atom. The van der Waals surface area contributed by atoms with Crippen molar-refractivity contribution in [2.24, 2.45) is 0 Å². The molecule has 30 heavy (non-hydrogen) atoms. The third kappa shape index (κ3) is 2.81. The number of carbonyl (C=O) groups is 4. The highest BCUT2D eigenvalue weighted by molar-refractivity contribution is 6.24. The SMILES string of the molecule is O=C1CCC(N2C(=O)c3cccc(CN4CCNc5ncccc54)c3C2=O)C(=O)N1. The summed E-state index contributed by atoms with van der Waals surface area (Å²) in [5.41, 5.74) is 2.28. The Kier molecular flexibility index (Phi) is 4.23. The number of aromatic nitrogens is 1. The van der Waals surface area contributed by atoms with Crippen LogP contribution < -0.4 is 15.5 Å². The fraction of sp³-hybridized carbons (Fsp3) is 0.286. The van der Waals surface area contributed by atoms with Crippen molar-refractivity contribution in [3.63, 3.8) is 0 Å². The van der Waals surface area contributed by atoms with E-state index in [2.05, 4.69) is 20.5 Å². The number of piperidine rings is 1. The number of rotatable bonds is 3. The van der Waals surface area contributed by atoms with E-state index in [9.17, 15) is 19.2 Å². The maximum absolute atomic E-state index is 13.2. The molecule has 9 nitrogen and oxygen atoms in total. The summed E-state index contributed by atoms with van der Waals surface area (Å²) in [6, 6.07) is 8.04. The summed E-state index contributed by atoms with van der Waals surface area (Å²) in [4.78, 5) is 57.4. The van der Waals surface area contributed by atoms with Gasteiger partial charge >= 0.3 is 0 Å². The number of imide groups is 2. The van der Waals surface area contributed by atoms with Gasteiger partial charge in [0.1, 0.15) is 11.9 Å². The number of fused-ring (bicyclic) bond motifs is 2. The Morgan fingerprint density at radius 3 is 2.77 bits per heavy atom. The standard InChI is InChI=1S/C21H19N5O4/c27-16-7-6-15(19(28)24-16)26-20(29)13-4-1-3-12(17(13)21(26)30)11-25-10-9-23-18-14(25)5-2-8-22-18/h1-5,8,15H,6-7,9-11H2,(H,22,23)(H,24,27,28). The number of nitrogens with zero attached hydrogens (tertiary/aromatic N) is 3. The number of pyridine rings is 1. The third-order valence-corrected chi connectivity index (χ3v) is 5.72. The highest BCUT2D eigenvalue weighted by Gasteiger charge is 2.45. The van der Waals surface area contributed by atoms with Crippen LogP contribution in [0.25, 0.3) is 0 Å². The van der Waals surface area contributed by atoms with Gasteiger partial charge in [-0.1, -0.05) is 12.1 Å². The van der Waals surface area contributed by atoms with Crippen molar-refractivity contribution >= 4 is 35.1 Å². The molecule has 4 heterocycles. The zero-order chi connectivity index (χ0) is 20.8. The number of hydrogen-bond donors (Lipinski definition) is 2. The minimum Gasteiger partial charge on any atom is -0.367 e. The average Bonchev–Trinajstić information content (AvgIpc) is 3.00. The molecule has 1 aromatic heterocycles. The van der Waals surface area contributed by atoms with Gasteiger partial charge in [-0.3, -0.25) is 29.4 Å². The van der Waals surface area contributed by atoms with Crippen molar-refractivity contribution < 1.29 is 19.2 Å². The highest BCUT2D eigenvalue weighted by atomic mass is 16.2. The molecular formula is C21H19N5O4. The van der Waals surface area contributed by atoms with E-state index in [4.69, 9.17) is 0 Å². The van der Waals surface area contributed by atoms with Gasteiger partial charge < -0.3 is 10.2 Å². The van der Waals surface area contributed by atoms with E-state index in [1.54, 1.807) is 18.3 Å². The highest BCUT2D eigenvalue weighted by Crippen LogP contribution is 2.33. The van der Waals surface area contributed by atoms with Crippen LogP contribution in [-0.4, -0.2) is 52.6 Å². The molecule has 3 aliphatic rings. The third-order valence-electron chi connectivity index (χ3n) is 5.72. The van der Waals surface area contributed by atoms with Gasteiger partial charge in [-0.2, -0.15) is 0 Å². The monoisotopic (exact) mass is 405 g/mol. The summed E-state index contributed by atoms with van der Waals surface area (Å²) in [5, 5.41) is 5.47. The smallest absolute Gasteiger partial charge is 0.262 e. The Bertz CT molecular complexity index is 1100. The molecule has 2 N–H and O–H groups in total. The Hall–Kier alpha value is -3.75. The van der Waals surface area contributed by atoms with Crippen LogP contribution in [0.15, 0.2) is 36.5 Å². The normalized spacial score (nSPS) is 20.6. The number of carbonyl (C=O) groups excluding carboxylic acids is 4. The van der Waals surface area contributed by atoms with Crippen molar-refractivity contribution in [3.8, 4) is 0 Å². The molecule has 0 saturated carbocycles. The lowest BCUT2D eigenvalue weighted by molar-refractivity contribution is -0.136. The van der Waals surface area contributed by atoms with Gasteiger partial charge in [-0.15, -0.1) is 0 Å². The van der Waals surface area contributed by atoms with Gasteiger partial charge in [0.05, 0.1) is 16.8 Å². The van der Waals surface area contributed by atoms with E-state index in [0.717, 1.165) is 28.5 Å². The van der Waals surface area contributed by atoms with Crippen molar-refractivity contribution in [2.75, 3.05) is 23.3 Å². The van der Waals surface area contributed by atoms with Gasteiger partial charge in [0.15, 0.2) is 0 Å². The van der Waals surface area contributed by atoms with Crippen LogP contribution in [0.4, 0.5) is 11.5 Å². The van der Waals surface area contributed by atoms with Gasteiger partial charge in [0, 0.05) is 32.3 Å². The molecule has 2 aromatic rings. The minimum atomic E-state index is -0.966. The van der Waals surface area contributed by atoms with Crippen LogP contribution in [0.1, 0.15) is 39.1 Å². The van der Waals surface area contributed by atoms with E-state index < -0.39 is 23.8 Å². The summed E-state index contributed by atoms with van der Waals surface area (Å²) in [5.74, 6) is -1.19. The predicted molar refractivity (Wildman–Crippen MR) is 107 cm³/mol. The van der Waals surface area contributed by atoms with Crippen LogP contribution in [0, 0.1) is 0 Å². The molecule has 0 spiro atoms. The van der Waals surface area contributed by atoms with Gasteiger partial charge in [0.2, 0.25) is 11.8 Å². The minimum absolute atomic E-state index is 0.0984. The predicted octanol–water partition coefficient (Wildman–Crippen LogP) is 0.915. The molecule has 4 amide bonds. The first-order chi connectivity index (χ1) is 14.5. The molecule has 0 aliphatic carbocycles. The molecule has 1 saturated heterocycles. The maximum atomic E-state index is 13.2. The number of amides is 4.